The second kappa shape index (κ2) is 9.00. The van der Waals surface area contributed by atoms with Gasteiger partial charge >= 0.3 is 0 Å². The third kappa shape index (κ3) is 5.18. The van der Waals surface area contributed by atoms with E-state index in [1.54, 1.807) is 6.08 Å². The van der Waals surface area contributed by atoms with Gasteiger partial charge in [0.25, 0.3) is 0 Å². The standard InChI is InChI=1S/C25H25NO/c1-3-26(19-22-7-5-4-6-8-22)24-16-11-21(12-17-24)13-18-25(27)23-14-9-20(2)10-15-23/h4-18H,3,19H2,1-2H3/b18-13+. The molecule has 0 atom stereocenters. The molecule has 27 heavy (non-hydrogen) atoms. The van der Waals surface area contributed by atoms with Gasteiger partial charge in [0.1, 0.15) is 0 Å². The first kappa shape index (κ1) is 18.7. The summed E-state index contributed by atoms with van der Waals surface area (Å²) in [5.74, 6) is 0.0262. The van der Waals surface area contributed by atoms with Gasteiger partial charge in [-0.2, -0.15) is 0 Å². The Morgan fingerprint density at radius 2 is 1.56 bits per heavy atom. The predicted octanol–water partition coefficient (Wildman–Crippen LogP) is 5.92. The van der Waals surface area contributed by atoms with Gasteiger partial charge in [-0.15, -0.1) is 0 Å². The number of carbonyl (C=O) groups is 1. The third-order valence-corrected chi connectivity index (χ3v) is 4.62. The highest BCUT2D eigenvalue weighted by Crippen LogP contribution is 2.19. The largest absolute Gasteiger partial charge is 0.367 e. The van der Waals surface area contributed by atoms with Crippen LogP contribution in [0.25, 0.3) is 6.08 Å². The number of hydrogen-bond donors (Lipinski definition) is 0. The fraction of sp³-hybridized carbons (Fsp3) is 0.160. The molecule has 0 spiro atoms. The smallest absolute Gasteiger partial charge is 0.185 e. The quantitative estimate of drug-likeness (QED) is 0.387. The lowest BCUT2D eigenvalue weighted by Gasteiger charge is -2.23. The predicted molar refractivity (Wildman–Crippen MR) is 114 cm³/mol. The Labute approximate surface area is 161 Å². The Kier molecular flexibility index (Phi) is 6.22. The van der Waals surface area contributed by atoms with Crippen molar-refractivity contribution in [1.29, 1.82) is 0 Å². The second-order valence-electron chi connectivity index (χ2n) is 6.65. The number of hydrogen-bond acceptors (Lipinski definition) is 2. The molecule has 0 unspecified atom stereocenters. The zero-order valence-corrected chi connectivity index (χ0v) is 15.9. The van der Waals surface area contributed by atoms with Gasteiger partial charge in [0.2, 0.25) is 0 Å². The number of anilines is 1. The van der Waals surface area contributed by atoms with Crippen LogP contribution in [-0.2, 0) is 6.54 Å². The minimum absolute atomic E-state index is 0.0262. The topological polar surface area (TPSA) is 20.3 Å². The van der Waals surface area contributed by atoms with E-state index in [2.05, 4.69) is 60.4 Å². The Morgan fingerprint density at radius 3 is 2.19 bits per heavy atom. The average Bonchev–Trinajstić information content (AvgIpc) is 2.72. The van der Waals surface area contributed by atoms with Gasteiger partial charge < -0.3 is 4.90 Å². The van der Waals surface area contributed by atoms with Crippen molar-refractivity contribution in [3.05, 3.63) is 107 Å². The van der Waals surface area contributed by atoms with Crippen LogP contribution in [0.1, 0.15) is 34.0 Å². The first-order valence-electron chi connectivity index (χ1n) is 9.33. The van der Waals surface area contributed by atoms with Crippen molar-refractivity contribution in [2.45, 2.75) is 20.4 Å². The second-order valence-corrected chi connectivity index (χ2v) is 6.65. The fourth-order valence-electron chi connectivity index (χ4n) is 2.97. The summed E-state index contributed by atoms with van der Waals surface area (Å²) >= 11 is 0. The van der Waals surface area contributed by atoms with Crippen molar-refractivity contribution in [3.8, 4) is 0 Å². The summed E-state index contributed by atoms with van der Waals surface area (Å²) in [5, 5.41) is 0. The average molecular weight is 355 g/mol. The number of rotatable bonds is 7. The summed E-state index contributed by atoms with van der Waals surface area (Å²) in [6.07, 6.45) is 3.51. The van der Waals surface area contributed by atoms with Crippen molar-refractivity contribution in [2.75, 3.05) is 11.4 Å². The molecule has 0 aromatic heterocycles. The van der Waals surface area contributed by atoms with Gasteiger partial charge in [0.15, 0.2) is 5.78 Å². The normalized spacial score (nSPS) is 10.9. The molecule has 0 saturated heterocycles. The lowest BCUT2D eigenvalue weighted by molar-refractivity contribution is 0.104. The molecule has 0 aliphatic rings. The van der Waals surface area contributed by atoms with E-state index in [9.17, 15) is 4.79 Å². The van der Waals surface area contributed by atoms with Crippen molar-refractivity contribution in [3.63, 3.8) is 0 Å². The van der Waals surface area contributed by atoms with Crippen LogP contribution in [0.4, 0.5) is 5.69 Å². The molecule has 0 aliphatic carbocycles. The first-order valence-corrected chi connectivity index (χ1v) is 9.33. The van der Waals surface area contributed by atoms with Gasteiger partial charge in [-0.3, -0.25) is 4.79 Å². The minimum atomic E-state index is 0.0262. The molecule has 0 saturated carbocycles. The molecule has 0 bridgehead atoms. The van der Waals surface area contributed by atoms with E-state index >= 15 is 0 Å². The molecule has 136 valence electrons. The Morgan fingerprint density at radius 1 is 0.889 bits per heavy atom. The summed E-state index contributed by atoms with van der Waals surface area (Å²) in [6, 6.07) is 26.5. The molecular weight excluding hydrogens is 330 g/mol. The number of aryl methyl sites for hydroxylation is 1. The zero-order chi connectivity index (χ0) is 19.1. The van der Waals surface area contributed by atoms with E-state index in [1.807, 2.05) is 43.3 Å². The fourth-order valence-corrected chi connectivity index (χ4v) is 2.97. The summed E-state index contributed by atoms with van der Waals surface area (Å²) in [4.78, 5) is 14.6. The molecule has 3 aromatic carbocycles. The van der Waals surface area contributed by atoms with Gasteiger partial charge in [-0.25, -0.2) is 0 Å². The number of carbonyl (C=O) groups excluding carboxylic acids is 1. The number of benzene rings is 3. The van der Waals surface area contributed by atoms with Crippen LogP contribution in [-0.4, -0.2) is 12.3 Å². The molecule has 0 N–H and O–H groups in total. The molecular formula is C25H25NO. The van der Waals surface area contributed by atoms with Crippen LogP contribution in [0, 0.1) is 6.92 Å². The third-order valence-electron chi connectivity index (χ3n) is 4.62. The number of nitrogens with zero attached hydrogens (tertiary/aromatic N) is 1. The van der Waals surface area contributed by atoms with E-state index in [4.69, 9.17) is 0 Å². The van der Waals surface area contributed by atoms with Crippen LogP contribution in [0.2, 0.25) is 0 Å². The highest BCUT2D eigenvalue weighted by molar-refractivity contribution is 6.06. The molecule has 0 heterocycles. The van der Waals surface area contributed by atoms with Gasteiger partial charge in [0, 0.05) is 24.3 Å². The summed E-state index contributed by atoms with van der Waals surface area (Å²) < 4.78 is 0. The molecule has 0 aliphatic heterocycles. The van der Waals surface area contributed by atoms with Crippen molar-refractivity contribution < 1.29 is 4.79 Å². The maximum absolute atomic E-state index is 12.3. The molecule has 2 heteroatoms. The van der Waals surface area contributed by atoms with Crippen LogP contribution < -0.4 is 4.90 Å². The van der Waals surface area contributed by atoms with E-state index in [0.717, 1.165) is 24.2 Å². The Bertz CT molecular complexity index is 893. The van der Waals surface area contributed by atoms with Crippen LogP contribution in [0.3, 0.4) is 0 Å². The van der Waals surface area contributed by atoms with E-state index < -0.39 is 0 Å². The Hall–Kier alpha value is -3.13. The van der Waals surface area contributed by atoms with E-state index in [-0.39, 0.29) is 5.78 Å². The number of allylic oxidation sites excluding steroid dienone is 1. The van der Waals surface area contributed by atoms with Crippen molar-refractivity contribution in [2.24, 2.45) is 0 Å². The molecule has 0 fully saturated rings. The molecule has 2 nitrogen and oxygen atoms in total. The summed E-state index contributed by atoms with van der Waals surface area (Å²) in [5.41, 5.74) is 5.38. The highest BCUT2D eigenvalue weighted by atomic mass is 16.1. The van der Waals surface area contributed by atoms with Gasteiger partial charge in [-0.1, -0.05) is 78.4 Å². The molecule has 0 amide bonds. The van der Waals surface area contributed by atoms with Gasteiger partial charge in [0.05, 0.1) is 0 Å². The van der Waals surface area contributed by atoms with Crippen LogP contribution >= 0.6 is 0 Å². The highest BCUT2D eigenvalue weighted by Gasteiger charge is 2.05. The first-order chi connectivity index (χ1) is 13.2. The van der Waals surface area contributed by atoms with E-state index in [0.29, 0.717) is 5.56 Å². The Balaban J connectivity index is 1.67. The minimum Gasteiger partial charge on any atom is -0.367 e. The summed E-state index contributed by atoms with van der Waals surface area (Å²) in [7, 11) is 0. The molecule has 3 aromatic rings. The van der Waals surface area contributed by atoms with E-state index in [1.165, 1.54) is 11.3 Å². The molecule has 0 radical (unpaired) electrons. The van der Waals surface area contributed by atoms with Crippen LogP contribution in [0.5, 0.6) is 0 Å². The zero-order valence-electron chi connectivity index (χ0n) is 15.9. The maximum Gasteiger partial charge on any atom is 0.185 e. The van der Waals surface area contributed by atoms with Crippen molar-refractivity contribution >= 4 is 17.5 Å². The van der Waals surface area contributed by atoms with Gasteiger partial charge in [-0.05, 0) is 43.2 Å². The van der Waals surface area contributed by atoms with Crippen molar-refractivity contribution in [1.82, 2.24) is 0 Å². The monoisotopic (exact) mass is 355 g/mol. The van der Waals surface area contributed by atoms with Crippen LogP contribution in [0.15, 0.2) is 84.9 Å². The lowest BCUT2D eigenvalue weighted by atomic mass is 10.1. The molecule has 3 rings (SSSR count). The number of ketones is 1. The summed E-state index contributed by atoms with van der Waals surface area (Å²) in [6.45, 7) is 6.01. The maximum atomic E-state index is 12.3. The SMILES string of the molecule is CCN(Cc1ccccc1)c1ccc(/C=C/C(=O)c2ccc(C)cc2)cc1. The lowest BCUT2D eigenvalue weighted by Crippen LogP contribution is -2.21.